The van der Waals surface area contributed by atoms with E-state index >= 15 is 0 Å². The summed E-state index contributed by atoms with van der Waals surface area (Å²) in [6, 6.07) is 4.11. The number of benzene rings is 1. The van der Waals surface area contributed by atoms with Crippen molar-refractivity contribution in [3.05, 3.63) is 23.3 Å². The van der Waals surface area contributed by atoms with E-state index in [0.29, 0.717) is 6.26 Å². The highest BCUT2D eigenvalue weighted by atomic mass is 32.2. The molecule has 21 heavy (non-hydrogen) atoms. The van der Waals surface area contributed by atoms with E-state index in [1.165, 1.54) is 16.8 Å². The maximum Gasteiger partial charge on any atom is 0.261 e. The second kappa shape index (κ2) is 7.42. The third-order valence-corrected chi connectivity index (χ3v) is 2.94. The molecule has 0 amide bonds. The van der Waals surface area contributed by atoms with Crippen LogP contribution in [0.3, 0.4) is 0 Å². The summed E-state index contributed by atoms with van der Waals surface area (Å²) < 4.78 is 36.5. The van der Waals surface area contributed by atoms with Crippen LogP contribution in [0.1, 0.15) is 24.5 Å². The minimum Gasteiger partial charge on any atom is -0.493 e. The van der Waals surface area contributed by atoms with Crippen LogP contribution in [-0.2, 0) is 16.5 Å². The minimum atomic E-state index is -3.67. The normalized spacial score (nSPS) is 13.5. The van der Waals surface area contributed by atoms with Crippen LogP contribution >= 0.6 is 0 Å². The Kier molecular flexibility index (Phi) is 6.17. The summed E-state index contributed by atoms with van der Waals surface area (Å²) in [5, 5.41) is 0. The molecule has 0 unspecified atom stereocenters. The van der Waals surface area contributed by atoms with Gasteiger partial charge < -0.3 is 9.47 Å². The zero-order valence-electron chi connectivity index (χ0n) is 12.7. The Morgan fingerprint density at radius 3 is 2.24 bits per heavy atom. The molecule has 0 bridgehead atoms. The molecule has 7 heteroatoms. The van der Waals surface area contributed by atoms with Gasteiger partial charge in [-0.15, -0.1) is 0 Å². The number of nitrogens with zero attached hydrogens (tertiary/aromatic N) is 1. The largest absolute Gasteiger partial charge is 0.493 e. The number of ether oxygens (including phenoxy) is 2. The standard InChI is InChI=1S/C13H17NO2.CH4O3S/c1-4-11-10-8-13(16-3)12(15-2)7-9(10)5-6-14-11;1-5(2,3)4/h7-8H,4-6H2,1-3H3;1H3,(H,2,3,4). The van der Waals surface area contributed by atoms with Crippen LogP contribution in [0.25, 0.3) is 0 Å². The second-order valence-corrected chi connectivity index (χ2v) is 6.00. The van der Waals surface area contributed by atoms with Gasteiger partial charge in [-0.2, -0.15) is 8.42 Å². The number of hydrogen-bond donors (Lipinski definition) is 1. The molecule has 1 aliphatic rings. The van der Waals surface area contributed by atoms with Crippen molar-refractivity contribution in [2.24, 2.45) is 4.99 Å². The molecule has 1 heterocycles. The van der Waals surface area contributed by atoms with Gasteiger partial charge in [0.05, 0.1) is 20.5 Å². The quantitative estimate of drug-likeness (QED) is 0.862. The first-order valence-corrected chi connectivity index (χ1v) is 8.36. The van der Waals surface area contributed by atoms with E-state index in [0.717, 1.165) is 30.9 Å². The van der Waals surface area contributed by atoms with Gasteiger partial charge in [-0.25, -0.2) is 0 Å². The molecule has 0 saturated carbocycles. The van der Waals surface area contributed by atoms with Gasteiger partial charge in [0, 0.05) is 17.8 Å². The molecule has 0 radical (unpaired) electrons. The highest BCUT2D eigenvalue weighted by molar-refractivity contribution is 7.85. The van der Waals surface area contributed by atoms with E-state index in [1.807, 2.05) is 6.07 Å². The maximum absolute atomic E-state index is 9.19. The fourth-order valence-electron chi connectivity index (χ4n) is 2.10. The first-order chi connectivity index (χ1) is 9.80. The van der Waals surface area contributed by atoms with Crippen LogP contribution in [0.2, 0.25) is 0 Å². The van der Waals surface area contributed by atoms with Gasteiger partial charge in [-0.1, -0.05) is 6.92 Å². The predicted octanol–water partition coefficient (Wildman–Crippen LogP) is 1.96. The Bertz CT molecular complexity index is 614. The first-order valence-electron chi connectivity index (χ1n) is 6.51. The Balaban J connectivity index is 0.000000383. The molecule has 6 nitrogen and oxygen atoms in total. The van der Waals surface area contributed by atoms with Crippen LogP contribution in [0, 0.1) is 0 Å². The number of aliphatic imine (C=N–C) groups is 1. The van der Waals surface area contributed by atoms with Crippen LogP contribution in [0.15, 0.2) is 17.1 Å². The van der Waals surface area contributed by atoms with E-state index < -0.39 is 10.1 Å². The SMILES string of the molecule is CCC1=NCCc2cc(OC)c(OC)cc21.CS(=O)(=O)O. The van der Waals surface area contributed by atoms with Crippen LogP contribution in [0.5, 0.6) is 11.5 Å². The summed E-state index contributed by atoms with van der Waals surface area (Å²) in [6.45, 7) is 3.01. The third-order valence-electron chi connectivity index (χ3n) is 2.94. The zero-order valence-corrected chi connectivity index (χ0v) is 13.5. The van der Waals surface area contributed by atoms with Crippen molar-refractivity contribution in [2.45, 2.75) is 19.8 Å². The molecule has 0 fully saturated rings. The summed E-state index contributed by atoms with van der Waals surface area (Å²) >= 11 is 0. The van der Waals surface area contributed by atoms with Crippen molar-refractivity contribution in [1.29, 1.82) is 0 Å². The number of fused-ring (bicyclic) bond motifs is 1. The van der Waals surface area contributed by atoms with Gasteiger partial charge in [0.25, 0.3) is 10.1 Å². The van der Waals surface area contributed by atoms with Gasteiger partial charge in [-0.05, 0) is 30.5 Å². The molecular weight excluding hydrogens is 294 g/mol. The van der Waals surface area contributed by atoms with Gasteiger partial charge >= 0.3 is 0 Å². The monoisotopic (exact) mass is 315 g/mol. The molecule has 1 aliphatic heterocycles. The van der Waals surface area contributed by atoms with Gasteiger partial charge in [0.2, 0.25) is 0 Å². The summed E-state index contributed by atoms with van der Waals surface area (Å²) in [6.07, 6.45) is 2.66. The third kappa shape index (κ3) is 5.35. The van der Waals surface area contributed by atoms with Crippen molar-refractivity contribution in [1.82, 2.24) is 0 Å². The molecule has 1 N–H and O–H groups in total. The molecule has 0 aliphatic carbocycles. The Morgan fingerprint density at radius 1 is 1.24 bits per heavy atom. The fraction of sp³-hybridized carbons (Fsp3) is 0.500. The molecule has 118 valence electrons. The van der Waals surface area contributed by atoms with Crippen molar-refractivity contribution >= 4 is 15.8 Å². The molecule has 2 rings (SSSR count). The van der Waals surface area contributed by atoms with Crippen molar-refractivity contribution in [3.63, 3.8) is 0 Å². The molecule has 1 aromatic rings. The lowest BCUT2D eigenvalue weighted by Crippen LogP contribution is -2.12. The second-order valence-electron chi connectivity index (χ2n) is 4.53. The average molecular weight is 315 g/mol. The Hall–Kier alpha value is -1.60. The van der Waals surface area contributed by atoms with Crippen molar-refractivity contribution in [2.75, 3.05) is 27.0 Å². The summed E-state index contributed by atoms with van der Waals surface area (Å²) in [4.78, 5) is 4.54. The fourth-order valence-corrected chi connectivity index (χ4v) is 2.10. The van der Waals surface area contributed by atoms with Crippen LogP contribution in [-0.4, -0.2) is 45.7 Å². The van der Waals surface area contributed by atoms with Gasteiger partial charge in [-0.3, -0.25) is 9.55 Å². The lowest BCUT2D eigenvalue weighted by molar-refractivity contribution is 0.354. The van der Waals surface area contributed by atoms with E-state index in [9.17, 15) is 8.42 Å². The van der Waals surface area contributed by atoms with Crippen LogP contribution in [0.4, 0.5) is 0 Å². The van der Waals surface area contributed by atoms with Gasteiger partial charge in [0.1, 0.15) is 0 Å². The summed E-state index contributed by atoms with van der Waals surface area (Å²) in [5.41, 5.74) is 3.69. The molecule has 0 spiro atoms. The van der Waals surface area contributed by atoms with Crippen molar-refractivity contribution < 1.29 is 22.4 Å². The van der Waals surface area contributed by atoms with Crippen LogP contribution < -0.4 is 9.47 Å². The van der Waals surface area contributed by atoms with Crippen molar-refractivity contribution in [3.8, 4) is 11.5 Å². The molecular formula is C14H21NO5S. The predicted molar refractivity (Wildman–Crippen MR) is 82.4 cm³/mol. The van der Waals surface area contributed by atoms with E-state index in [-0.39, 0.29) is 0 Å². The lowest BCUT2D eigenvalue weighted by Gasteiger charge is -2.18. The Morgan fingerprint density at radius 2 is 1.76 bits per heavy atom. The maximum atomic E-state index is 9.19. The Labute approximate surface area is 125 Å². The number of hydrogen-bond acceptors (Lipinski definition) is 5. The number of methoxy groups -OCH3 is 2. The minimum absolute atomic E-state index is 0.715. The molecule has 0 atom stereocenters. The average Bonchev–Trinajstić information content (AvgIpc) is 2.43. The molecule has 0 aromatic heterocycles. The molecule has 0 saturated heterocycles. The zero-order chi connectivity index (χ0) is 16.0. The number of rotatable bonds is 3. The molecule has 1 aromatic carbocycles. The highest BCUT2D eigenvalue weighted by Crippen LogP contribution is 2.32. The van der Waals surface area contributed by atoms with Gasteiger partial charge in [0.15, 0.2) is 11.5 Å². The lowest BCUT2D eigenvalue weighted by atomic mass is 9.95. The van der Waals surface area contributed by atoms with E-state index in [4.69, 9.17) is 14.0 Å². The summed E-state index contributed by atoms with van der Waals surface area (Å²) in [7, 11) is -0.336. The van der Waals surface area contributed by atoms with E-state index in [1.54, 1.807) is 14.2 Å². The highest BCUT2D eigenvalue weighted by Gasteiger charge is 2.16. The summed E-state index contributed by atoms with van der Waals surface area (Å²) in [5.74, 6) is 1.59. The first kappa shape index (κ1) is 17.5. The van der Waals surface area contributed by atoms with E-state index in [2.05, 4.69) is 18.0 Å². The smallest absolute Gasteiger partial charge is 0.261 e. The topological polar surface area (TPSA) is 85.2 Å².